The van der Waals surface area contributed by atoms with Crippen LogP contribution in [0.3, 0.4) is 0 Å². The molecular weight excluding hydrogens is 733 g/mol. The topological polar surface area (TPSA) is 45.0 Å². The number of hydrogen-bond donors (Lipinski definition) is 0. The zero-order valence-corrected chi connectivity index (χ0v) is 36.4. The van der Waals surface area contributed by atoms with E-state index in [-0.39, 0.29) is 21.7 Å². The van der Waals surface area contributed by atoms with Gasteiger partial charge in [-0.25, -0.2) is 9.67 Å². The average Bonchev–Trinajstić information content (AvgIpc) is 3.98. The van der Waals surface area contributed by atoms with Crippen LogP contribution in [0.15, 0.2) is 134 Å². The molecule has 0 aliphatic carbocycles. The zero-order chi connectivity index (χ0) is 41.7. The lowest BCUT2D eigenvalue weighted by Crippen LogP contribution is -2.46. The third-order valence-corrected chi connectivity index (χ3v) is 14.1. The number of aromatic nitrogens is 6. The summed E-state index contributed by atoms with van der Waals surface area (Å²) < 4.78 is 9.40. The van der Waals surface area contributed by atoms with Gasteiger partial charge in [-0.1, -0.05) is 142 Å². The van der Waals surface area contributed by atoms with Crippen LogP contribution in [0.4, 0.5) is 0 Å². The first-order chi connectivity index (χ1) is 28.5. The molecule has 1 aliphatic heterocycles. The van der Waals surface area contributed by atoms with Gasteiger partial charge in [-0.15, -0.1) is 0 Å². The first kappa shape index (κ1) is 36.7. The molecule has 11 rings (SSSR count). The highest BCUT2D eigenvalue weighted by molar-refractivity contribution is 6.10. The highest BCUT2D eigenvalue weighted by atomic mass is 15.3. The van der Waals surface area contributed by atoms with E-state index < -0.39 is 0 Å². The molecular formula is C54H52N6. The highest BCUT2D eigenvalue weighted by Gasteiger charge is 2.48. The molecule has 0 fully saturated rings. The lowest BCUT2D eigenvalue weighted by Gasteiger charge is -2.47. The third kappa shape index (κ3) is 5.00. The van der Waals surface area contributed by atoms with Crippen molar-refractivity contribution in [3.8, 4) is 28.2 Å². The van der Waals surface area contributed by atoms with Crippen LogP contribution in [0.5, 0.6) is 0 Å². The zero-order valence-electron chi connectivity index (χ0n) is 36.4. The minimum atomic E-state index is -0.185. The van der Waals surface area contributed by atoms with Crippen LogP contribution in [-0.4, -0.2) is 28.3 Å². The molecule has 0 N–H and O–H groups in total. The Morgan fingerprint density at radius 3 is 1.92 bits per heavy atom. The predicted octanol–water partition coefficient (Wildman–Crippen LogP) is 13.5. The Kier molecular flexibility index (Phi) is 7.39. The van der Waals surface area contributed by atoms with Crippen LogP contribution in [0.2, 0.25) is 0 Å². The van der Waals surface area contributed by atoms with Crippen molar-refractivity contribution in [3.63, 3.8) is 0 Å². The molecule has 0 atom stereocenters. The van der Waals surface area contributed by atoms with E-state index in [1.165, 1.54) is 49.8 Å². The maximum Gasteiger partial charge on any atom is 0.220 e. The fourth-order valence-electron chi connectivity index (χ4n) is 9.97. The summed E-state index contributed by atoms with van der Waals surface area (Å²) in [5, 5.41) is 7.58. The second-order valence-electron chi connectivity index (χ2n) is 20.2. The lowest BCUT2D eigenvalue weighted by atomic mass is 9.59. The number of para-hydroxylation sites is 1. The van der Waals surface area contributed by atoms with Gasteiger partial charge in [0.05, 0.1) is 56.4 Å². The summed E-state index contributed by atoms with van der Waals surface area (Å²) in [6.45, 7) is 23.2. The first-order valence-corrected chi connectivity index (χ1v) is 21.3. The van der Waals surface area contributed by atoms with Gasteiger partial charge in [-0.05, 0) is 87.7 Å². The molecule has 6 nitrogen and oxygen atoms in total. The molecule has 60 heavy (non-hydrogen) atoms. The Hall–Kier alpha value is -6.40. The predicted molar refractivity (Wildman–Crippen MR) is 250 cm³/mol. The van der Waals surface area contributed by atoms with Gasteiger partial charge in [-0.3, -0.25) is 8.97 Å². The van der Waals surface area contributed by atoms with E-state index in [0.717, 1.165) is 50.4 Å². The van der Waals surface area contributed by atoms with Gasteiger partial charge in [-0.2, -0.15) is 5.10 Å². The van der Waals surface area contributed by atoms with E-state index >= 15 is 0 Å². The van der Waals surface area contributed by atoms with Crippen LogP contribution < -0.4 is 0 Å². The van der Waals surface area contributed by atoms with Gasteiger partial charge in [0.15, 0.2) is 0 Å². The number of fused-ring (bicyclic) bond motifs is 11. The van der Waals surface area contributed by atoms with Crippen molar-refractivity contribution in [1.29, 1.82) is 0 Å². The molecule has 6 heteroatoms. The summed E-state index contributed by atoms with van der Waals surface area (Å²) in [6.07, 6.45) is 2.06. The molecule has 10 aromatic rings. The Morgan fingerprint density at radius 2 is 1.17 bits per heavy atom. The van der Waals surface area contributed by atoms with Gasteiger partial charge in [0.2, 0.25) is 5.78 Å². The summed E-state index contributed by atoms with van der Waals surface area (Å²) in [5.41, 5.74) is 17.2. The summed E-state index contributed by atoms with van der Waals surface area (Å²) in [5.74, 6) is 0.915. The van der Waals surface area contributed by atoms with Gasteiger partial charge >= 0.3 is 0 Å². The fraction of sp³-hybridized carbons (Fsp3) is 0.259. The number of hydrogen-bond acceptors (Lipinski definition) is 2. The van der Waals surface area contributed by atoms with Crippen molar-refractivity contribution in [1.82, 2.24) is 28.3 Å². The Labute approximate surface area is 351 Å². The van der Waals surface area contributed by atoms with Crippen molar-refractivity contribution in [2.45, 2.75) is 90.9 Å². The molecule has 0 spiro atoms. The number of benzene rings is 6. The van der Waals surface area contributed by atoms with Gasteiger partial charge in [0.25, 0.3) is 0 Å². The minimum Gasteiger partial charge on any atom is -0.309 e. The molecule has 298 valence electrons. The van der Waals surface area contributed by atoms with E-state index in [1.807, 2.05) is 0 Å². The number of rotatable bonds is 3. The second kappa shape index (κ2) is 12.1. The van der Waals surface area contributed by atoms with Crippen molar-refractivity contribution in [2.24, 2.45) is 0 Å². The van der Waals surface area contributed by atoms with Crippen molar-refractivity contribution in [3.05, 3.63) is 156 Å². The largest absolute Gasteiger partial charge is 0.309 e. The number of imidazole rings is 2. The van der Waals surface area contributed by atoms with Gasteiger partial charge in [0.1, 0.15) is 0 Å². The molecule has 5 heterocycles. The molecule has 0 unspecified atom stereocenters. The van der Waals surface area contributed by atoms with Gasteiger partial charge in [0, 0.05) is 32.9 Å². The SMILES string of the molecule is CC(C)(C)c1ccc2nc3n(-c4ccc5c6ccccc6n(-c6ccc7c(c6)-n6ncc(-c8ccccc8)c6C(C)(C)C7(C)C)c5c4)c4ccc(C(C)(C)C)cc4n3c2c1. The second-order valence-corrected chi connectivity index (χ2v) is 20.2. The van der Waals surface area contributed by atoms with Crippen molar-refractivity contribution >= 4 is 49.7 Å². The molecule has 4 aromatic heterocycles. The summed E-state index contributed by atoms with van der Waals surface area (Å²) in [4.78, 5) is 5.38. The van der Waals surface area contributed by atoms with E-state index in [9.17, 15) is 0 Å². The average molecular weight is 785 g/mol. The molecule has 0 radical (unpaired) electrons. The minimum absolute atomic E-state index is 0.00465. The lowest BCUT2D eigenvalue weighted by molar-refractivity contribution is 0.276. The quantitative estimate of drug-likeness (QED) is 0.179. The van der Waals surface area contributed by atoms with Crippen molar-refractivity contribution < 1.29 is 0 Å². The van der Waals surface area contributed by atoms with Crippen LogP contribution >= 0.6 is 0 Å². The normalized spacial score (nSPS) is 15.1. The van der Waals surface area contributed by atoms with Crippen LogP contribution in [0.25, 0.3) is 77.8 Å². The Balaban J connectivity index is 1.17. The summed E-state index contributed by atoms with van der Waals surface area (Å²) >= 11 is 0. The maximum absolute atomic E-state index is 5.38. The molecule has 0 saturated heterocycles. The molecule has 1 aliphatic rings. The maximum atomic E-state index is 5.38. The fourth-order valence-corrected chi connectivity index (χ4v) is 9.97. The molecule has 0 bridgehead atoms. The van der Waals surface area contributed by atoms with E-state index in [1.54, 1.807) is 0 Å². The monoisotopic (exact) mass is 784 g/mol. The van der Waals surface area contributed by atoms with Crippen LogP contribution in [-0.2, 0) is 21.7 Å². The summed E-state index contributed by atoms with van der Waals surface area (Å²) in [6, 6.07) is 47.2. The van der Waals surface area contributed by atoms with Crippen LogP contribution in [0, 0.1) is 0 Å². The molecule has 0 amide bonds. The molecule has 6 aromatic carbocycles. The van der Waals surface area contributed by atoms with Crippen LogP contribution in [0.1, 0.15) is 91.6 Å². The Bertz CT molecular complexity index is 3380. The third-order valence-electron chi connectivity index (χ3n) is 14.1. The highest BCUT2D eigenvalue weighted by Crippen LogP contribution is 2.53. The molecule has 0 saturated carbocycles. The first-order valence-electron chi connectivity index (χ1n) is 21.3. The van der Waals surface area contributed by atoms with E-state index in [0.29, 0.717) is 0 Å². The van der Waals surface area contributed by atoms with Crippen molar-refractivity contribution in [2.75, 3.05) is 0 Å². The Morgan fingerprint density at radius 1 is 0.517 bits per heavy atom. The summed E-state index contributed by atoms with van der Waals surface area (Å²) in [7, 11) is 0. The van der Waals surface area contributed by atoms with E-state index in [4.69, 9.17) is 10.1 Å². The number of nitrogens with zero attached hydrogens (tertiary/aromatic N) is 6. The standard InChI is InChI=1S/C54H52N6/c1-51(2,3)34-20-26-42-47(28-34)59-48-29-35(52(4,5)6)21-27-44(48)58(50(59)56-42)37-22-24-39-38-18-14-15-19-43(38)57(45(39)30-37)36-23-25-41-46(31-36)60-49(54(9,10)53(41,7)8)40(32-55-60)33-16-12-11-13-17-33/h11-32H,1-10H3. The van der Waals surface area contributed by atoms with E-state index in [2.05, 4.69) is 221 Å². The smallest absolute Gasteiger partial charge is 0.220 e. The van der Waals surface area contributed by atoms with Gasteiger partial charge < -0.3 is 4.57 Å².